The van der Waals surface area contributed by atoms with Crippen LogP contribution in [-0.4, -0.2) is 13.0 Å². The average molecular weight is 291 g/mol. The van der Waals surface area contributed by atoms with E-state index < -0.39 is 0 Å². The second-order valence-corrected chi connectivity index (χ2v) is 7.95. The molecule has 0 spiro atoms. The average Bonchev–Trinajstić information content (AvgIpc) is 2.97. The molecular weight excluding hydrogens is 270 g/mol. The molecule has 4 aliphatic rings. The van der Waals surface area contributed by atoms with Gasteiger partial charge in [0.2, 0.25) is 5.91 Å². The van der Waals surface area contributed by atoms with Gasteiger partial charge < -0.3 is 10.1 Å². The minimum atomic E-state index is -0.0429. The Morgan fingerprint density at radius 2 is 2.05 bits per heavy atom. The van der Waals surface area contributed by atoms with E-state index in [-0.39, 0.29) is 11.3 Å². The van der Waals surface area contributed by atoms with Crippen LogP contribution in [0.5, 0.6) is 5.06 Å². The first-order valence-corrected chi connectivity index (χ1v) is 8.38. The Balaban J connectivity index is 1.56. The number of methoxy groups -OCH3 is 1. The summed E-state index contributed by atoms with van der Waals surface area (Å²) in [6.07, 6.45) is 6.20. The Bertz CT molecular complexity index is 551. The van der Waals surface area contributed by atoms with Gasteiger partial charge in [0.05, 0.1) is 17.5 Å². The molecular formula is C16H21NO2S. The first-order chi connectivity index (χ1) is 9.60. The SMILES string of the molecule is COc1sc(NC(=O)C23CC4CC(CC2C4)C3)cc1C. The summed E-state index contributed by atoms with van der Waals surface area (Å²) in [4.78, 5) is 12.8. The highest BCUT2D eigenvalue weighted by Gasteiger charge is 2.61. The van der Waals surface area contributed by atoms with Crippen LogP contribution in [0.15, 0.2) is 6.07 Å². The Kier molecular flexibility index (Phi) is 2.69. The normalized spacial score (nSPS) is 37.4. The van der Waals surface area contributed by atoms with E-state index in [4.69, 9.17) is 4.74 Å². The molecule has 1 amide bonds. The lowest BCUT2D eigenvalue weighted by molar-refractivity contribution is -0.127. The number of nitrogens with one attached hydrogen (secondary N) is 1. The number of anilines is 1. The van der Waals surface area contributed by atoms with Crippen LogP contribution in [0.4, 0.5) is 5.00 Å². The second kappa shape index (κ2) is 4.23. The summed E-state index contributed by atoms with van der Waals surface area (Å²) in [5.41, 5.74) is 1.06. The lowest BCUT2D eigenvalue weighted by atomic mass is 9.75. The van der Waals surface area contributed by atoms with Crippen molar-refractivity contribution in [2.75, 3.05) is 12.4 Å². The van der Waals surface area contributed by atoms with Gasteiger partial charge in [-0.2, -0.15) is 0 Å². The number of ether oxygens (including phenoxy) is 1. The van der Waals surface area contributed by atoms with Gasteiger partial charge in [-0.25, -0.2) is 0 Å². The van der Waals surface area contributed by atoms with E-state index in [1.807, 2.05) is 13.0 Å². The third-order valence-electron chi connectivity index (χ3n) is 5.74. The number of rotatable bonds is 3. The van der Waals surface area contributed by atoms with Crippen molar-refractivity contribution in [3.63, 3.8) is 0 Å². The smallest absolute Gasteiger partial charge is 0.231 e. The first kappa shape index (κ1) is 12.7. The molecule has 0 aliphatic heterocycles. The van der Waals surface area contributed by atoms with Crippen LogP contribution in [0.2, 0.25) is 0 Å². The summed E-state index contributed by atoms with van der Waals surface area (Å²) in [5, 5.41) is 5.02. The van der Waals surface area contributed by atoms with Gasteiger partial charge in [-0.1, -0.05) is 11.3 Å². The fraction of sp³-hybridized carbons (Fsp3) is 0.688. The molecule has 3 nitrogen and oxygen atoms in total. The molecule has 1 aromatic heterocycles. The minimum absolute atomic E-state index is 0.0429. The first-order valence-electron chi connectivity index (χ1n) is 7.56. The maximum atomic E-state index is 12.8. The predicted octanol–water partition coefficient (Wildman–Crippen LogP) is 3.83. The summed E-state index contributed by atoms with van der Waals surface area (Å²) < 4.78 is 5.31. The molecule has 4 fully saturated rings. The fourth-order valence-electron chi connectivity index (χ4n) is 5.13. The Labute approximate surface area is 123 Å². The van der Waals surface area contributed by atoms with Crippen LogP contribution >= 0.6 is 11.3 Å². The van der Waals surface area contributed by atoms with E-state index in [2.05, 4.69) is 5.32 Å². The maximum Gasteiger partial charge on any atom is 0.231 e. The van der Waals surface area contributed by atoms with E-state index in [1.54, 1.807) is 7.11 Å². The zero-order valence-corrected chi connectivity index (χ0v) is 12.9. The summed E-state index contributed by atoms with van der Waals surface area (Å²) in [6.45, 7) is 2.02. The van der Waals surface area contributed by atoms with E-state index in [1.165, 1.54) is 30.6 Å². The van der Waals surface area contributed by atoms with Gasteiger partial charge in [0.15, 0.2) is 5.06 Å². The monoisotopic (exact) mass is 291 g/mol. The zero-order valence-electron chi connectivity index (χ0n) is 12.1. The van der Waals surface area contributed by atoms with Gasteiger partial charge in [0, 0.05) is 5.56 Å². The van der Waals surface area contributed by atoms with Gasteiger partial charge in [-0.05, 0) is 62.8 Å². The number of aryl methyl sites for hydroxylation is 1. The molecule has 0 aromatic carbocycles. The summed E-state index contributed by atoms with van der Waals surface area (Å²) in [5.74, 6) is 2.56. The van der Waals surface area contributed by atoms with Crippen LogP contribution in [0.1, 0.15) is 37.7 Å². The Hall–Kier alpha value is -1.03. The topological polar surface area (TPSA) is 38.3 Å². The minimum Gasteiger partial charge on any atom is -0.487 e. The quantitative estimate of drug-likeness (QED) is 0.919. The van der Waals surface area contributed by atoms with Crippen molar-refractivity contribution < 1.29 is 9.53 Å². The number of hydrogen-bond acceptors (Lipinski definition) is 3. The highest BCUT2D eigenvalue weighted by atomic mass is 32.1. The summed E-state index contributed by atoms with van der Waals surface area (Å²) >= 11 is 1.54. The molecule has 5 rings (SSSR count). The molecule has 0 radical (unpaired) electrons. The van der Waals surface area contributed by atoms with E-state index in [0.717, 1.165) is 40.3 Å². The second-order valence-electron chi connectivity index (χ2n) is 6.94. The number of carbonyl (C=O) groups is 1. The standard InChI is InChI=1S/C16H21NO2S/c1-9-3-13(20-14(9)19-2)17-15(18)16-7-10-4-11(8-16)6-12(16)5-10/h3,10-12H,4-8H2,1-2H3,(H,17,18). The molecule has 1 heterocycles. The molecule has 4 bridgehead atoms. The van der Waals surface area contributed by atoms with Crippen LogP contribution in [0.25, 0.3) is 0 Å². The lowest BCUT2D eigenvalue weighted by Gasteiger charge is -2.31. The molecule has 20 heavy (non-hydrogen) atoms. The van der Waals surface area contributed by atoms with Crippen molar-refractivity contribution >= 4 is 22.2 Å². The summed E-state index contributed by atoms with van der Waals surface area (Å²) in [7, 11) is 1.68. The highest BCUT2D eigenvalue weighted by molar-refractivity contribution is 7.18. The Morgan fingerprint density at radius 3 is 2.65 bits per heavy atom. The van der Waals surface area contributed by atoms with Crippen molar-refractivity contribution in [3.8, 4) is 5.06 Å². The van der Waals surface area contributed by atoms with Crippen molar-refractivity contribution in [2.24, 2.45) is 23.2 Å². The maximum absolute atomic E-state index is 12.8. The van der Waals surface area contributed by atoms with Gasteiger partial charge in [-0.15, -0.1) is 0 Å². The predicted molar refractivity (Wildman–Crippen MR) is 80.2 cm³/mol. The third kappa shape index (κ3) is 1.67. The number of thiophene rings is 1. The largest absolute Gasteiger partial charge is 0.487 e. The number of carbonyl (C=O) groups excluding carboxylic acids is 1. The number of amides is 1. The van der Waals surface area contributed by atoms with Crippen LogP contribution in [0.3, 0.4) is 0 Å². The molecule has 4 saturated carbocycles. The molecule has 4 heteroatoms. The molecule has 108 valence electrons. The van der Waals surface area contributed by atoms with Gasteiger partial charge in [0.1, 0.15) is 0 Å². The highest BCUT2D eigenvalue weighted by Crippen LogP contribution is 2.65. The van der Waals surface area contributed by atoms with Gasteiger partial charge in [-0.3, -0.25) is 4.79 Å². The molecule has 1 aromatic rings. The van der Waals surface area contributed by atoms with E-state index in [9.17, 15) is 4.79 Å². The molecule has 2 atom stereocenters. The van der Waals surface area contributed by atoms with E-state index >= 15 is 0 Å². The van der Waals surface area contributed by atoms with Crippen LogP contribution in [-0.2, 0) is 4.79 Å². The molecule has 2 unspecified atom stereocenters. The van der Waals surface area contributed by atoms with Crippen molar-refractivity contribution in [1.29, 1.82) is 0 Å². The molecule has 0 saturated heterocycles. The number of hydrogen-bond donors (Lipinski definition) is 1. The van der Waals surface area contributed by atoms with Crippen molar-refractivity contribution in [3.05, 3.63) is 11.6 Å². The van der Waals surface area contributed by atoms with Crippen LogP contribution in [0, 0.1) is 30.1 Å². The van der Waals surface area contributed by atoms with Crippen molar-refractivity contribution in [1.82, 2.24) is 0 Å². The molecule has 4 aliphatic carbocycles. The molecule has 1 N–H and O–H groups in total. The Morgan fingerprint density at radius 1 is 1.35 bits per heavy atom. The van der Waals surface area contributed by atoms with Crippen LogP contribution < -0.4 is 10.1 Å². The van der Waals surface area contributed by atoms with Crippen molar-refractivity contribution in [2.45, 2.75) is 39.0 Å². The fourth-order valence-corrected chi connectivity index (χ4v) is 6.02. The van der Waals surface area contributed by atoms with Gasteiger partial charge >= 0.3 is 0 Å². The van der Waals surface area contributed by atoms with Gasteiger partial charge in [0.25, 0.3) is 0 Å². The van der Waals surface area contributed by atoms with E-state index in [0.29, 0.717) is 5.92 Å². The lowest BCUT2D eigenvalue weighted by Crippen LogP contribution is -2.37. The summed E-state index contributed by atoms with van der Waals surface area (Å²) in [6, 6.07) is 2.03. The third-order valence-corrected chi connectivity index (χ3v) is 6.85. The zero-order chi connectivity index (χ0) is 13.9.